The molecule has 1 aliphatic carbocycles. The van der Waals surface area contributed by atoms with Crippen molar-refractivity contribution in [2.75, 3.05) is 49.3 Å². The third-order valence-electron chi connectivity index (χ3n) is 11.1. The zero-order valence-corrected chi connectivity index (χ0v) is 39.1. The van der Waals surface area contributed by atoms with Crippen LogP contribution in [-0.2, 0) is 30.4 Å². The number of carbonyl (C=O) groups is 4. The fourth-order valence-electron chi connectivity index (χ4n) is 7.48. The Labute approximate surface area is 410 Å². The van der Waals surface area contributed by atoms with Gasteiger partial charge >= 0.3 is 5.97 Å². The number of fused-ring (bicyclic) bond motifs is 3. The molecule has 71 heavy (non-hydrogen) atoms. The number of amides is 1. The molecule has 5 aromatic rings. The number of aromatic hydroxyl groups is 1. The summed E-state index contributed by atoms with van der Waals surface area (Å²) in [5.41, 5.74) is 10.1. The molecule has 9 N–H and O–H groups in total. The Balaban J connectivity index is 0.703. The van der Waals surface area contributed by atoms with E-state index in [1.54, 1.807) is 30.3 Å². The molecule has 21 heteroatoms. The Morgan fingerprint density at radius 3 is 2.32 bits per heavy atom. The second-order valence-electron chi connectivity index (χ2n) is 16.4. The number of carboxylic acid groups (broad SMARTS) is 1. The van der Waals surface area contributed by atoms with Crippen molar-refractivity contribution in [3.05, 3.63) is 123 Å². The molecule has 0 unspecified atom stereocenters. The summed E-state index contributed by atoms with van der Waals surface area (Å²) in [5.74, 6) is -1.56. The number of aromatic amines is 1. The van der Waals surface area contributed by atoms with Gasteiger partial charge in [0.25, 0.3) is 11.5 Å². The first-order valence-electron chi connectivity index (χ1n) is 22.7. The molecular weight excluding hydrogens is 935 g/mol. The molecule has 2 aromatic heterocycles. The van der Waals surface area contributed by atoms with Gasteiger partial charge in [-0.25, -0.2) is 14.8 Å². The molecule has 7 rings (SSSR count). The molecule has 2 aliphatic rings. The van der Waals surface area contributed by atoms with E-state index in [0.717, 1.165) is 27.8 Å². The van der Waals surface area contributed by atoms with Crippen LogP contribution in [0.15, 0.2) is 105 Å². The molecule has 0 saturated heterocycles. The third kappa shape index (κ3) is 14.4. The number of carboxylic acids is 1. The van der Waals surface area contributed by atoms with E-state index in [1.807, 2.05) is 24.3 Å². The molecule has 3 aromatic carbocycles. The summed E-state index contributed by atoms with van der Waals surface area (Å²) in [4.78, 5) is 88.5. The highest BCUT2D eigenvalue weighted by atomic mass is 32.1. The van der Waals surface area contributed by atoms with Crippen LogP contribution >= 0.6 is 12.2 Å². The number of nitrogen functional groups attached to an aromatic ring is 1. The van der Waals surface area contributed by atoms with Crippen molar-refractivity contribution in [1.82, 2.24) is 30.6 Å². The molecule has 0 radical (unpaired) electrons. The molecule has 1 aliphatic heterocycles. The van der Waals surface area contributed by atoms with Crippen molar-refractivity contribution in [3.8, 4) is 28.2 Å². The first-order valence-corrected chi connectivity index (χ1v) is 23.1. The number of rotatable bonds is 25. The summed E-state index contributed by atoms with van der Waals surface area (Å²) < 4.78 is 17.0. The van der Waals surface area contributed by atoms with Gasteiger partial charge in [0.2, 0.25) is 5.95 Å². The number of nitrogens with one attached hydrogen (secondary N) is 5. The van der Waals surface area contributed by atoms with Crippen LogP contribution < -0.4 is 38.0 Å². The standard InChI is InChI=1S/C50H51N9O11S/c51-49-58-45-44(47(65)59-49)55-33(28-54-45)27-53-31-9-7-30(8-10-31)46(64)57-40(48(66)67)18-15-34(60)4-2-21-68-23-24-69-22-19-35(61)3-1-20-52-50(71)56-32-11-5-29(6-12-32)43-38-16-13-36(62)25-41(38)70-42-26-37(63)14-17-39(42)43/h5-14,16-17,25-26,28,40,53,62H,1-4,15,18-24,27H2,(H,57,64)(H,66,67)(H2,52,56,71)(H3,51,54,58,59,65)/t40-/m0/s1. The maximum atomic E-state index is 12.8. The van der Waals surface area contributed by atoms with E-state index < -0.39 is 23.5 Å². The van der Waals surface area contributed by atoms with Gasteiger partial charge in [-0.3, -0.25) is 29.0 Å². The second kappa shape index (κ2) is 24.4. The van der Waals surface area contributed by atoms with Crippen LogP contribution in [0.2, 0.25) is 0 Å². The van der Waals surface area contributed by atoms with Gasteiger partial charge in [0, 0.05) is 84.4 Å². The van der Waals surface area contributed by atoms with E-state index in [9.17, 15) is 39.0 Å². The van der Waals surface area contributed by atoms with Gasteiger partial charge in [-0.1, -0.05) is 12.1 Å². The molecule has 20 nitrogen and oxygen atoms in total. The number of thiocarbonyl (C=S) groups is 1. The number of nitrogens with two attached hydrogens (primary N) is 1. The van der Waals surface area contributed by atoms with Crippen LogP contribution in [-0.4, -0.2) is 97.7 Å². The van der Waals surface area contributed by atoms with Crippen LogP contribution in [0.3, 0.4) is 0 Å². The van der Waals surface area contributed by atoms with Crippen molar-refractivity contribution in [3.63, 3.8) is 0 Å². The average molecular weight is 986 g/mol. The Morgan fingerprint density at radius 1 is 0.817 bits per heavy atom. The number of H-pyrrole nitrogens is 1. The molecule has 0 saturated carbocycles. The maximum Gasteiger partial charge on any atom is 0.326 e. The topological polar surface area (TPSA) is 303 Å². The number of hydrogen-bond donors (Lipinski definition) is 8. The Hall–Kier alpha value is -8.14. The fraction of sp³-hybridized carbons (Fsp3) is 0.280. The number of ether oxygens (including phenoxy) is 2. The lowest BCUT2D eigenvalue weighted by Crippen LogP contribution is -2.41. The van der Waals surface area contributed by atoms with Crippen molar-refractivity contribution >= 4 is 80.2 Å². The Morgan fingerprint density at radius 2 is 1.55 bits per heavy atom. The number of aliphatic carboxylic acids is 1. The zero-order valence-electron chi connectivity index (χ0n) is 38.3. The predicted molar refractivity (Wildman–Crippen MR) is 269 cm³/mol. The highest BCUT2D eigenvalue weighted by molar-refractivity contribution is 7.80. The first kappa shape index (κ1) is 50.7. The quantitative estimate of drug-likeness (QED) is 0.0197. The van der Waals surface area contributed by atoms with Gasteiger partial charge in [0.05, 0.1) is 38.3 Å². The van der Waals surface area contributed by atoms with Crippen molar-refractivity contribution in [1.29, 1.82) is 0 Å². The van der Waals surface area contributed by atoms with E-state index in [1.165, 1.54) is 36.5 Å². The van der Waals surface area contributed by atoms with Crippen LogP contribution in [0.25, 0.3) is 44.6 Å². The summed E-state index contributed by atoms with van der Waals surface area (Å²) in [5, 5.41) is 32.8. The zero-order chi connectivity index (χ0) is 50.3. The smallest absolute Gasteiger partial charge is 0.326 e. The van der Waals surface area contributed by atoms with Crippen LogP contribution in [0, 0.1) is 0 Å². The number of phenolic OH excluding ortho intramolecular Hbond substituents is 1. The van der Waals surface area contributed by atoms with E-state index in [4.69, 9.17) is 31.8 Å². The van der Waals surface area contributed by atoms with E-state index in [0.29, 0.717) is 60.3 Å². The monoisotopic (exact) mass is 985 g/mol. The minimum atomic E-state index is -1.27. The molecule has 1 amide bonds. The summed E-state index contributed by atoms with van der Waals surface area (Å²) in [7, 11) is 0. The largest absolute Gasteiger partial charge is 0.508 e. The van der Waals surface area contributed by atoms with Crippen LogP contribution in [0.1, 0.15) is 61.0 Å². The lowest BCUT2D eigenvalue weighted by atomic mass is 9.93. The fourth-order valence-corrected chi connectivity index (χ4v) is 7.69. The van der Waals surface area contributed by atoms with Crippen molar-refractivity contribution < 1.29 is 43.3 Å². The van der Waals surface area contributed by atoms with Gasteiger partial charge in [0.15, 0.2) is 21.7 Å². The highest BCUT2D eigenvalue weighted by Gasteiger charge is 2.22. The summed E-state index contributed by atoms with van der Waals surface area (Å²) >= 11 is 5.46. The SMILES string of the molecule is Nc1nc2ncc(CNc3ccc(C(=O)N[C@@H](CCC(=O)CCCOCCOCCC(=O)CCCNC(=S)Nc4ccc(-c5c6ccc(=O)cc-6oc6cc(O)ccc56)cc4)C(=O)O)cc3)nc2c(=O)[nH]1. The third-order valence-corrected chi connectivity index (χ3v) is 11.3. The lowest BCUT2D eigenvalue weighted by molar-refractivity contribution is -0.139. The van der Waals surface area contributed by atoms with Gasteiger partial charge in [-0.2, -0.15) is 4.98 Å². The highest BCUT2D eigenvalue weighted by Crippen LogP contribution is 2.40. The molecule has 3 heterocycles. The lowest BCUT2D eigenvalue weighted by Gasteiger charge is -2.16. The van der Waals surface area contributed by atoms with Crippen LogP contribution in [0.5, 0.6) is 5.75 Å². The maximum absolute atomic E-state index is 12.8. The summed E-state index contributed by atoms with van der Waals surface area (Å²) in [6, 6.07) is 22.2. The minimum absolute atomic E-state index is 0.0378. The van der Waals surface area contributed by atoms with E-state index in [-0.39, 0.29) is 97.5 Å². The molecule has 0 spiro atoms. The number of benzene rings is 4. The summed E-state index contributed by atoms with van der Waals surface area (Å²) in [6.45, 7) is 1.82. The first-order chi connectivity index (χ1) is 34.3. The minimum Gasteiger partial charge on any atom is -0.508 e. The Kier molecular flexibility index (Phi) is 17.4. The predicted octanol–water partition coefficient (Wildman–Crippen LogP) is 5.56. The number of Topliss-reactive ketones (excluding diaryl/α,β-unsaturated/α-hetero) is 2. The number of carbonyl (C=O) groups excluding carboxylic acids is 3. The normalized spacial score (nSPS) is 11.6. The molecule has 0 bridgehead atoms. The van der Waals surface area contributed by atoms with E-state index >= 15 is 0 Å². The molecule has 1 atom stereocenters. The number of ketones is 2. The van der Waals surface area contributed by atoms with Crippen LogP contribution in [0.4, 0.5) is 17.3 Å². The second-order valence-corrected chi connectivity index (χ2v) is 16.8. The van der Waals surface area contributed by atoms with Gasteiger partial charge in [-0.05, 0) is 97.7 Å². The van der Waals surface area contributed by atoms with Gasteiger partial charge < -0.3 is 51.1 Å². The van der Waals surface area contributed by atoms with Gasteiger partial charge in [-0.15, -0.1) is 0 Å². The molecule has 368 valence electrons. The summed E-state index contributed by atoms with van der Waals surface area (Å²) in [6.07, 6.45) is 3.15. The van der Waals surface area contributed by atoms with Gasteiger partial charge in [0.1, 0.15) is 34.7 Å². The van der Waals surface area contributed by atoms with Crippen molar-refractivity contribution in [2.24, 2.45) is 0 Å². The Bertz CT molecular complexity index is 3130. The number of nitrogens with zero attached hydrogens (tertiary/aromatic N) is 3. The number of hydrogen-bond acceptors (Lipinski definition) is 16. The number of anilines is 3. The number of aromatic nitrogens is 4. The average Bonchev–Trinajstić information content (AvgIpc) is 3.35. The van der Waals surface area contributed by atoms with E-state index in [2.05, 4.69) is 41.2 Å². The number of phenols is 1. The molecular formula is C50H51N9O11S. The van der Waals surface area contributed by atoms with Crippen molar-refractivity contribution in [2.45, 2.75) is 57.5 Å². The molecule has 0 fully saturated rings.